The molecule has 0 spiro atoms. The van der Waals surface area contributed by atoms with Crippen LogP contribution in [0.3, 0.4) is 0 Å². The first-order valence-corrected chi connectivity index (χ1v) is 8.28. The first-order chi connectivity index (χ1) is 10.5. The van der Waals surface area contributed by atoms with Crippen molar-refractivity contribution in [2.45, 2.75) is 25.7 Å². The number of nitrogens with one attached hydrogen (secondary N) is 1. The Balaban J connectivity index is 1.82. The van der Waals surface area contributed by atoms with Gasteiger partial charge in [-0.1, -0.05) is 0 Å². The minimum absolute atomic E-state index is 0.0807. The van der Waals surface area contributed by atoms with E-state index < -0.39 is 23.7 Å². The van der Waals surface area contributed by atoms with Gasteiger partial charge >= 0.3 is 5.97 Å². The average molecular weight is 322 g/mol. The molecule has 0 saturated heterocycles. The Kier molecular flexibility index (Phi) is 3.90. The normalized spacial score (nSPS) is 30.0. The Bertz CT molecular complexity index is 619. The van der Waals surface area contributed by atoms with E-state index in [1.165, 1.54) is 11.3 Å². The van der Waals surface area contributed by atoms with Crippen molar-refractivity contribution >= 4 is 34.1 Å². The fraction of sp³-hybridized carbons (Fsp3) is 0.533. The van der Waals surface area contributed by atoms with Crippen molar-refractivity contribution in [1.82, 2.24) is 0 Å². The molecule has 0 aromatic carbocycles. The maximum atomic E-state index is 12.6. The van der Waals surface area contributed by atoms with E-state index in [0.29, 0.717) is 5.00 Å². The number of carboxylic acids is 1. The summed E-state index contributed by atoms with van der Waals surface area (Å²) in [6.07, 6.45) is 3.58. The zero-order valence-electron chi connectivity index (χ0n) is 12.0. The van der Waals surface area contributed by atoms with Crippen LogP contribution < -0.4 is 11.1 Å². The van der Waals surface area contributed by atoms with Crippen molar-refractivity contribution in [3.05, 3.63) is 17.0 Å². The highest BCUT2D eigenvalue weighted by atomic mass is 32.1. The summed E-state index contributed by atoms with van der Waals surface area (Å²) in [6, 6.07) is 1.56. The Morgan fingerprint density at radius 1 is 1.14 bits per heavy atom. The lowest BCUT2D eigenvalue weighted by Crippen LogP contribution is -2.49. The monoisotopic (exact) mass is 322 g/mol. The minimum Gasteiger partial charge on any atom is -0.481 e. The zero-order valence-corrected chi connectivity index (χ0v) is 12.8. The van der Waals surface area contributed by atoms with E-state index >= 15 is 0 Å². The second-order valence-electron chi connectivity index (χ2n) is 6.08. The van der Waals surface area contributed by atoms with E-state index in [1.54, 1.807) is 11.4 Å². The molecule has 1 aromatic rings. The summed E-state index contributed by atoms with van der Waals surface area (Å²) in [5.74, 6) is -2.74. The molecule has 2 atom stereocenters. The van der Waals surface area contributed by atoms with Crippen LogP contribution in [0.25, 0.3) is 0 Å². The quantitative estimate of drug-likeness (QED) is 0.786. The fourth-order valence-electron chi connectivity index (χ4n) is 3.98. The third kappa shape index (κ3) is 2.49. The second-order valence-corrected chi connectivity index (χ2v) is 7.00. The molecule has 3 fully saturated rings. The van der Waals surface area contributed by atoms with Crippen LogP contribution in [-0.2, 0) is 9.59 Å². The predicted molar refractivity (Wildman–Crippen MR) is 81.5 cm³/mol. The topological polar surface area (TPSA) is 109 Å². The van der Waals surface area contributed by atoms with Crippen LogP contribution in [0.15, 0.2) is 11.4 Å². The van der Waals surface area contributed by atoms with Crippen LogP contribution in [0.5, 0.6) is 0 Å². The smallest absolute Gasteiger partial charge is 0.307 e. The summed E-state index contributed by atoms with van der Waals surface area (Å²) in [5.41, 5.74) is 5.54. The van der Waals surface area contributed by atoms with E-state index in [9.17, 15) is 19.5 Å². The summed E-state index contributed by atoms with van der Waals surface area (Å²) in [4.78, 5) is 35.5. The number of aliphatic carboxylic acids is 1. The third-order valence-corrected chi connectivity index (χ3v) is 5.80. The highest BCUT2D eigenvalue weighted by Crippen LogP contribution is 2.49. The Morgan fingerprint density at radius 2 is 1.73 bits per heavy atom. The highest BCUT2D eigenvalue weighted by Gasteiger charge is 2.50. The first-order valence-electron chi connectivity index (χ1n) is 7.40. The van der Waals surface area contributed by atoms with Gasteiger partial charge in [-0.3, -0.25) is 14.4 Å². The van der Waals surface area contributed by atoms with E-state index in [4.69, 9.17) is 5.73 Å². The van der Waals surface area contributed by atoms with Crippen LogP contribution >= 0.6 is 11.3 Å². The molecule has 0 unspecified atom stereocenters. The maximum absolute atomic E-state index is 12.6. The third-order valence-electron chi connectivity index (χ3n) is 4.97. The number of carbonyl (C=O) groups excluding carboxylic acids is 2. The molecule has 2 amide bonds. The van der Waals surface area contributed by atoms with Gasteiger partial charge in [-0.05, 0) is 49.0 Å². The maximum Gasteiger partial charge on any atom is 0.307 e. The number of hydrogen-bond donors (Lipinski definition) is 3. The van der Waals surface area contributed by atoms with Crippen LogP contribution in [0.2, 0.25) is 0 Å². The van der Waals surface area contributed by atoms with Gasteiger partial charge in [-0.2, -0.15) is 0 Å². The van der Waals surface area contributed by atoms with Crippen molar-refractivity contribution in [2.24, 2.45) is 29.4 Å². The van der Waals surface area contributed by atoms with Gasteiger partial charge in [0.15, 0.2) is 0 Å². The van der Waals surface area contributed by atoms with E-state index in [0.717, 1.165) is 25.7 Å². The molecule has 0 radical (unpaired) electrons. The lowest BCUT2D eigenvalue weighted by molar-refractivity contribution is -0.156. The second kappa shape index (κ2) is 5.72. The number of rotatable bonds is 4. The van der Waals surface area contributed by atoms with E-state index in [-0.39, 0.29) is 23.3 Å². The Hall–Kier alpha value is -1.89. The van der Waals surface area contributed by atoms with Crippen molar-refractivity contribution in [1.29, 1.82) is 0 Å². The molecule has 6 nitrogen and oxygen atoms in total. The van der Waals surface area contributed by atoms with Crippen molar-refractivity contribution < 1.29 is 19.5 Å². The van der Waals surface area contributed by atoms with Crippen molar-refractivity contribution in [3.8, 4) is 0 Å². The summed E-state index contributed by atoms with van der Waals surface area (Å²) in [5, 5.41) is 14.3. The van der Waals surface area contributed by atoms with Gasteiger partial charge in [-0.15, -0.1) is 11.3 Å². The Morgan fingerprint density at radius 3 is 2.27 bits per heavy atom. The molecular weight excluding hydrogens is 304 g/mol. The molecule has 3 aliphatic rings. The van der Waals surface area contributed by atoms with Gasteiger partial charge in [0.05, 0.1) is 17.4 Å². The number of anilines is 1. The lowest BCUT2D eigenvalue weighted by atomic mass is 9.58. The number of fused-ring (bicyclic) bond motifs is 3. The van der Waals surface area contributed by atoms with Gasteiger partial charge in [0.1, 0.15) is 5.00 Å². The molecule has 3 saturated carbocycles. The van der Waals surface area contributed by atoms with Gasteiger partial charge in [0, 0.05) is 0 Å². The molecular formula is C15H18N2O4S. The van der Waals surface area contributed by atoms with Crippen LogP contribution in [0.4, 0.5) is 5.00 Å². The number of thiophene rings is 1. The lowest BCUT2D eigenvalue weighted by Gasteiger charge is -2.45. The number of hydrogen-bond acceptors (Lipinski definition) is 4. The molecule has 4 rings (SSSR count). The van der Waals surface area contributed by atoms with Crippen LogP contribution in [0, 0.1) is 23.7 Å². The number of carbonyl (C=O) groups is 3. The SMILES string of the molecule is NC(=O)c1ccsc1NC(=O)[C@@H]1C2CCC(CC2)[C@H]1C(=O)O. The fourth-order valence-corrected chi connectivity index (χ4v) is 4.77. The van der Waals surface area contributed by atoms with Crippen molar-refractivity contribution in [2.75, 3.05) is 5.32 Å². The van der Waals surface area contributed by atoms with Crippen LogP contribution in [-0.4, -0.2) is 22.9 Å². The van der Waals surface area contributed by atoms with E-state index in [2.05, 4.69) is 5.32 Å². The molecule has 118 valence electrons. The molecule has 7 heteroatoms. The number of amides is 2. The summed E-state index contributed by atoms with van der Waals surface area (Å²) in [7, 11) is 0. The average Bonchev–Trinajstić information content (AvgIpc) is 2.95. The molecule has 3 aliphatic carbocycles. The summed E-state index contributed by atoms with van der Waals surface area (Å²) >= 11 is 1.22. The molecule has 4 N–H and O–H groups in total. The summed E-state index contributed by atoms with van der Waals surface area (Å²) in [6.45, 7) is 0. The minimum atomic E-state index is -0.893. The number of primary amides is 1. The first kappa shape index (κ1) is 15.0. The van der Waals surface area contributed by atoms with Crippen LogP contribution in [0.1, 0.15) is 36.0 Å². The van der Waals surface area contributed by atoms with Gasteiger partial charge < -0.3 is 16.2 Å². The largest absolute Gasteiger partial charge is 0.481 e. The van der Waals surface area contributed by atoms with Gasteiger partial charge in [0.25, 0.3) is 5.91 Å². The highest BCUT2D eigenvalue weighted by molar-refractivity contribution is 7.14. The Labute approximate surface area is 131 Å². The molecule has 22 heavy (non-hydrogen) atoms. The molecule has 0 aliphatic heterocycles. The standard InChI is InChI=1S/C15H18N2O4S/c16-12(18)9-5-6-22-14(9)17-13(19)10-7-1-3-8(4-2-7)11(10)15(20)21/h5-8,10-11H,1-4H2,(H2,16,18)(H,17,19)(H,20,21)/t7?,8?,10-,11-/m1/s1. The number of nitrogens with two attached hydrogens (primary N) is 1. The van der Waals surface area contributed by atoms with E-state index in [1.807, 2.05) is 0 Å². The zero-order chi connectivity index (χ0) is 15.9. The molecule has 1 aromatic heterocycles. The van der Waals surface area contributed by atoms with Gasteiger partial charge in [-0.25, -0.2) is 0 Å². The predicted octanol–water partition coefficient (Wildman–Crippen LogP) is 1.92. The van der Waals surface area contributed by atoms with Crippen molar-refractivity contribution in [3.63, 3.8) is 0 Å². The molecule has 1 heterocycles. The van der Waals surface area contributed by atoms with Gasteiger partial charge in [0.2, 0.25) is 5.91 Å². The summed E-state index contributed by atoms with van der Waals surface area (Å²) < 4.78 is 0. The molecule has 2 bridgehead atoms. The number of carboxylic acid groups (broad SMARTS) is 1.